The summed E-state index contributed by atoms with van der Waals surface area (Å²) in [6.45, 7) is 0.170. The standard InChI is InChI=1S/C33H35N3O2/c37-30(21-35(26-12-13-26)32(38)33-18-22-15-23(19-33)17-24(16-22)20-33)36-28-10-5-4-9-27(28)34-14-6-11-29(34)31(36)25-7-2-1-3-8-25/h1-11,14,22-24,26,31H,12-13,15-21H2/t22?,23?,24?,31-,33?/m1/s1. The van der Waals surface area contributed by atoms with Gasteiger partial charge in [0.05, 0.1) is 22.5 Å². The normalized spacial score (nSPS) is 30.6. The highest BCUT2D eigenvalue weighted by atomic mass is 16.2. The smallest absolute Gasteiger partial charge is 0.247 e. The third-order valence-corrected chi connectivity index (χ3v) is 10.1. The molecule has 0 spiro atoms. The molecule has 6 aliphatic rings. The van der Waals surface area contributed by atoms with Gasteiger partial charge >= 0.3 is 0 Å². The predicted molar refractivity (Wildman–Crippen MR) is 147 cm³/mol. The highest BCUT2D eigenvalue weighted by Crippen LogP contribution is 2.61. The monoisotopic (exact) mass is 505 g/mol. The summed E-state index contributed by atoms with van der Waals surface area (Å²) >= 11 is 0. The lowest BCUT2D eigenvalue weighted by molar-refractivity contribution is -0.159. The molecule has 5 saturated carbocycles. The largest absolute Gasteiger partial charge is 0.330 e. The van der Waals surface area contributed by atoms with Crippen LogP contribution < -0.4 is 4.90 Å². The van der Waals surface area contributed by atoms with Crippen LogP contribution in [0.5, 0.6) is 0 Å². The van der Waals surface area contributed by atoms with Gasteiger partial charge in [0.1, 0.15) is 12.6 Å². The first kappa shape index (κ1) is 22.6. The molecule has 0 radical (unpaired) electrons. The van der Waals surface area contributed by atoms with E-state index in [0.717, 1.165) is 54.7 Å². The third kappa shape index (κ3) is 3.43. The molecule has 9 rings (SSSR count). The van der Waals surface area contributed by atoms with Crippen molar-refractivity contribution in [2.24, 2.45) is 23.2 Å². The van der Waals surface area contributed by atoms with E-state index < -0.39 is 0 Å². The number of nitrogens with zero attached hydrogens (tertiary/aromatic N) is 3. The van der Waals surface area contributed by atoms with Crippen molar-refractivity contribution in [2.45, 2.75) is 63.5 Å². The molecular formula is C33H35N3O2. The van der Waals surface area contributed by atoms with Crippen molar-refractivity contribution in [1.29, 1.82) is 0 Å². The van der Waals surface area contributed by atoms with Gasteiger partial charge in [-0.2, -0.15) is 0 Å². The molecule has 1 atom stereocenters. The summed E-state index contributed by atoms with van der Waals surface area (Å²) in [5, 5.41) is 0. The zero-order chi connectivity index (χ0) is 25.4. The number of benzene rings is 2. The number of aromatic nitrogens is 1. The van der Waals surface area contributed by atoms with Crippen molar-refractivity contribution in [3.8, 4) is 5.69 Å². The molecule has 4 bridgehead atoms. The molecule has 2 heterocycles. The third-order valence-electron chi connectivity index (χ3n) is 10.1. The predicted octanol–water partition coefficient (Wildman–Crippen LogP) is 6.12. The van der Waals surface area contributed by atoms with E-state index in [1.807, 2.05) is 40.1 Å². The van der Waals surface area contributed by atoms with Crippen molar-refractivity contribution in [1.82, 2.24) is 9.47 Å². The van der Waals surface area contributed by atoms with Crippen molar-refractivity contribution in [3.63, 3.8) is 0 Å². The minimum Gasteiger partial charge on any atom is -0.330 e. The molecule has 194 valence electrons. The lowest BCUT2D eigenvalue weighted by Crippen LogP contribution is -2.57. The first-order chi connectivity index (χ1) is 18.6. The Morgan fingerprint density at radius 2 is 1.42 bits per heavy atom. The molecule has 0 saturated heterocycles. The molecule has 5 aliphatic carbocycles. The number of rotatable bonds is 5. The van der Waals surface area contributed by atoms with Gasteiger partial charge in [0, 0.05) is 12.2 Å². The number of fused-ring (bicyclic) bond motifs is 3. The molecule has 2 amide bonds. The van der Waals surface area contributed by atoms with Gasteiger partial charge in [-0.05, 0) is 98.9 Å². The summed E-state index contributed by atoms with van der Waals surface area (Å²) in [6.07, 6.45) is 11.2. The van der Waals surface area contributed by atoms with Crippen LogP contribution in [0.25, 0.3) is 5.69 Å². The topological polar surface area (TPSA) is 45.6 Å². The fourth-order valence-electron chi connectivity index (χ4n) is 8.86. The Hall–Kier alpha value is -3.34. The fraction of sp³-hybridized carbons (Fsp3) is 0.455. The molecule has 1 aromatic heterocycles. The van der Waals surface area contributed by atoms with Crippen LogP contribution in [0.15, 0.2) is 72.9 Å². The minimum absolute atomic E-state index is 0.0173. The van der Waals surface area contributed by atoms with E-state index in [2.05, 4.69) is 47.2 Å². The minimum atomic E-state index is -0.232. The molecule has 5 heteroatoms. The van der Waals surface area contributed by atoms with Crippen LogP contribution in [0.1, 0.15) is 68.7 Å². The number of hydrogen-bond donors (Lipinski definition) is 0. The van der Waals surface area contributed by atoms with Crippen LogP contribution in [0.3, 0.4) is 0 Å². The van der Waals surface area contributed by atoms with E-state index in [0.29, 0.717) is 17.8 Å². The Labute approximate surface area is 224 Å². The van der Waals surface area contributed by atoms with Crippen LogP contribution >= 0.6 is 0 Å². The fourth-order valence-corrected chi connectivity index (χ4v) is 8.86. The summed E-state index contributed by atoms with van der Waals surface area (Å²) < 4.78 is 2.20. The van der Waals surface area contributed by atoms with Crippen LogP contribution in [-0.4, -0.2) is 33.9 Å². The Balaban J connectivity index is 1.16. The zero-order valence-electron chi connectivity index (χ0n) is 21.8. The van der Waals surface area contributed by atoms with Gasteiger partial charge in [0.25, 0.3) is 0 Å². The summed E-state index contributed by atoms with van der Waals surface area (Å²) in [5.74, 6) is 2.45. The van der Waals surface area contributed by atoms with Gasteiger partial charge in [-0.25, -0.2) is 0 Å². The maximum absolute atomic E-state index is 14.5. The van der Waals surface area contributed by atoms with Gasteiger partial charge in [0.2, 0.25) is 11.8 Å². The second kappa shape index (κ2) is 8.33. The lowest BCUT2D eigenvalue weighted by atomic mass is 9.49. The van der Waals surface area contributed by atoms with Gasteiger partial charge in [-0.3, -0.25) is 14.5 Å². The maximum atomic E-state index is 14.5. The SMILES string of the molecule is O=C(CN(C(=O)C12CC3CC(CC(C3)C1)C2)C1CC1)N1c2ccccc2-n2cccc2[C@H]1c1ccccc1. The van der Waals surface area contributed by atoms with Gasteiger partial charge in [0.15, 0.2) is 0 Å². The molecule has 1 aliphatic heterocycles. The summed E-state index contributed by atoms with van der Waals surface area (Å²) in [5.41, 5.74) is 3.87. The maximum Gasteiger partial charge on any atom is 0.247 e. The molecule has 38 heavy (non-hydrogen) atoms. The van der Waals surface area contributed by atoms with Crippen LogP contribution in [-0.2, 0) is 9.59 Å². The van der Waals surface area contributed by atoms with E-state index in [1.165, 1.54) is 19.3 Å². The van der Waals surface area contributed by atoms with E-state index in [1.54, 1.807) is 0 Å². The van der Waals surface area contributed by atoms with Crippen LogP contribution in [0, 0.1) is 23.2 Å². The van der Waals surface area contributed by atoms with E-state index >= 15 is 0 Å². The number of amides is 2. The summed E-state index contributed by atoms with van der Waals surface area (Å²) in [4.78, 5) is 32.9. The number of para-hydroxylation sites is 2. The summed E-state index contributed by atoms with van der Waals surface area (Å²) in [6, 6.07) is 22.6. The molecule has 0 N–H and O–H groups in total. The van der Waals surface area contributed by atoms with Crippen molar-refractivity contribution in [3.05, 3.63) is 84.2 Å². The average Bonchev–Trinajstić information content (AvgIpc) is 3.65. The van der Waals surface area contributed by atoms with E-state index in [-0.39, 0.29) is 35.9 Å². The summed E-state index contributed by atoms with van der Waals surface area (Å²) in [7, 11) is 0. The molecule has 3 aromatic rings. The number of carbonyl (C=O) groups is 2. The van der Waals surface area contributed by atoms with Crippen LogP contribution in [0.2, 0.25) is 0 Å². The second-order valence-corrected chi connectivity index (χ2v) is 12.7. The second-order valence-electron chi connectivity index (χ2n) is 12.7. The van der Waals surface area contributed by atoms with Crippen molar-refractivity contribution >= 4 is 17.5 Å². The van der Waals surface area contributed by atoms with Gasteiger partial charge < -0.3 is 9.47 Å². The lowest BCUT2D eigenvalue weighted by Gasteiger charge is -2.56. The number of carbonyl (C=O) groups excluding carboxylic acids is 2. The average molecular weight is 506 g/mol. The van der Waals surface area contributed by atoms with Gasteiger partial charge in [-0.1, -0.05) is 42.5 Å². The first-order valence-corrected chi connectivity index (χ1v) is 14.5. The molecule has 0 unspecified atom stereocenters. The number of hydrogen-bond acceptors (Lipinski definition) is 2. The Kier molecular flexibility index (Phi) is 4.96. The van der Waals surface area contributed by atoms with Gasteiger partial charge in [-0.15, -0.1) is 0 Å². The Bertz CT molecular complexity index is 1370. The molecule has 5 fully saturated rings. The van der Waals surface area contributed by atoms with Crippen molar-refractivity contribution in [2.75, 3.05) is 11.4 Å². The number of anilines is 1. The zero-order valence-corrected chi connectivity index (χ0v) is 21.8. The Morgan fingerprint density at radius 3 is 2.08 bits per heavy atom. The van der Waals surface area contributed by atoms with Crippen molar-refractivity contribution < 1.29 is 9.59 Å². The Morgan fingerprint density at radius 1 is 0.789 bits per heavy atom. The van der Waals surface area contributed by atoms with E-state index in [9.17, 15) is 9.59 Å². The molecule has 2 aromatic carbocycles. The van der Waals surface area contributed by atoms with E-state index in [4.69, 9.17) is 0 Å². The molecular weight excluding hydrogens is 470 g/mol. The highest BCUT2D eigenvalue weighted by molar-refractivity contribution is 6.01. The first-order valence-electron chi connectivity index (χ1n) is 14.5. The van der Waals surface area contributed by atoms with Crippen LogP contribution in [0.4, 0.5) is 5.69 Å². The quantitative estimate of drug-likeness (QED) is 0.419. The molecule has 5 nitrogen and oxygen atoms in total. The highest BCUT2D eigenvalue weighted by Gasteiger charge is 2.57.